The zero-order chi connectivity index (χ0) is 36.3. The van der Waals surface area contributed by atoms with Crippen molar-refractivity contribution in [1.29, 1.82) is 0 Å². The average molecular weight is 735 g/mol. The van der Waals surface area contributed by atoms with E-state index in [1.807, 2.05) is 0 Å². The van der Waals surface area contributed by atoms with E-state index in [4.69, 9.17) is 14.7 Å². The van der Waals surface area contributed by atoms with E-state index in [1.54, 1.807) is 38.1 Å². The lowest BCUT2D eigenvalue weighted by Crippen LogP contribution is -2.21. The van der Waals surface area contributed by atoms with Gasteiger partial charge in [-0.15, -0.1) is 4.33 Å². The van der Waals surface area contributed by atoms with Crippen LogP contribution in [0.15, 0.2) is 46.2 Å². The average Bonchev–Trinajstić information content (AvgIpc) is 3.09. The lowest BCUT2D eigenvalue weighted by atomic mass is 10.1. The van der Waals surface area contributed by atoms with Gasteiger partial charge in [-0.3, -0.25) is 4.55 Å². The molecule has 22 heteroatoms. The van der Waals surface area contributed by atoms with Crippen molar-refractivity contribution in [1.82, 2.24) is 29.9 Å². The number of rotatable bonds is 18. The van der Waals surface area contributed by atoms with Gasteiger partial charge in [0.15, 0.2) is 0 Å². The topological polar surface area (TPSA) is 277 Å². The zero-order valence-electron chi connectivity index (χ0n) is 26.9. The third kappa shape index (κ3) is 10.8. The summed E-state index contributed by atoms with van der Waals surface area (Å²) in [6.45, 7) is 3.09. The number of hydrogen-bond acceptors (Lipinski definition) is 20. The van der Waals surface area contributed by atoms with Crippen molar-refractivity contribution in [2.45, 2.75) is 35.7 Å². The minimum absolute atomic E-state index is 0.00153. The molecule has 0 saturated carbocycles. The number of benzene rings is 2. The quantitative estimate of drug-likeness (QED) is 0.0240. The van der Waals surface area contributed by atoms with Crippen LogP contribution in [-0.4, -0.2) is 97.9 Å². The van der Waals surface area contributed by atoms with Gasteiger partial charge < -0.3 is 41.0 Å². The molecule has 0 aliphatic carbocycles. The number of hydrogen-bond donors (Lipinski definition) is 8. The monoisotopic (exact) mass is 734 g/mol. The summed E-state index contributed by atoms with van der Waals surface area (Å²) in [7, 11) is -1.98. The molecule has 0 spiro atoms. The Balaban J connectivity index is 1.62. The van der Waals surface area contributed by atoms with Crippen molar-refractivity contribution in [2.75, 3.05) is 48.7 Å². The van der Waals surface area contributed by atoms with Crippen molar-refractivity contribution in [3.63, 3.8) is 0 Å². The van der Waals surface area contributed by atoms with Crippen LogP contribution in [0.5, 0.6) is 12.0 Å². The fourth-order valence-corrected chi connectivity index (χ4v) is 5.17. The molecule has 0 radical (unpaired) electrons. The number of methoxy groups -OCH3 is 2. The van der Waals surface area contributed by atoms with Crippen LogP contribution < -0.4 is 30.7 Å². The summed E-state index contributed by atoms with van der Waals surface area (Å²) in [6.07, 6.45) is 2.99. The Morgan fingerprint density at radius 2 is 1.24 bits per heavy atom. The summed E-state index contributed by atoms with van der Waals surface area (Å²) in [5, 5.41) is 42.9. The molecule has 2 atom stereocenters. The van der Waals surface area contributed by atoms with Gasteiger partial charge in [-0.25, -0.2) is 5.26 Å². The molecule has 2 aromatic heterocycles. The molecular formula is C28H34N10O10S2. The number of nitrogens with one attached hydrogen (secondary N) is 4. The Labute approximate surface area is 290 Å². The van der Waals surface area contributed by atoms with E-state index in [9.17, 15) is 23.2 Å². The van der Waals surface area contributed by atoms with Crippen molar-refractivity contribution in [3.05, 3.63) is 47.5 Å². The van der Waals surface area contributed by atoms with Crippen LogP contribution in [0.1, 0.15) is 25.0 Å². The van der Waals surface area contributed by atoms with Crippen molar-refractivity contribution >= 4 is 69.5 Å². The maximum absolute atomic E-state index is 12.4. The molecule has 8 N–H and O–H groups in total. The molecule has 0 amide bonds. The molecule has 0 saturated heterocycles. The first-order valence-electron chi connectivity index (χ1n) is 14.4. The van der Waals surface area contributed by atoms with Crippen LogP contribution in [0.25, 0.3) is 12.2 Å². The van der Waals surface area contributed by atoms with Gasteiger partial charge in [0.1, 0.15) is 4.90 Å². The SMILES string of the molecule is COc1nc(Nc2ccc(C=Cc3ccc(Nc4nc(NC(C)CO)nc(OC)n4)cc3S(=O)(=O)O)c(SOOO)c2)nc(NC(C)CO)n1. The summed E-state index contributed by atoms with van der Waals surface area (Å²) in [5.74, 6) is 0.365. The summed E-state index contributed by atoms with van der Waals surface area (Å²) in [6, 6.07) is 8.33. The van der Waals surface area contributed by atoms with Gasteiger partial charge in [-0.1, -0.05) is 29.3 Å². The lowest BCUT2D eigenvalue weighted by Gasteiger charge is -2.14. The van der Waals surface area contributed by atoms with Gasteiger partial charge >= 0.3 is 12.0 Å². The maximum atomic E-state index is 12.4. The fourth-order valence-electron chi connectivity index (χ4n) is 3.95. The van der Waals surface area contributed by atoms with Crippen LogP contribution in [-0.2, 0) is 19.5 Å². The molecule has 4 aromatic rings. The predicted octanol–water partition coefficient (Wildman–Crippen LogP) is 2.99. The third-order valence-electron chi connectivity index (χ3n) is 6.31. The van der Waals surface area contributed by atoms with Crippen molar-refractivity contribution < 1.29 is 47.3 Å². The number of aliphatic hydroxyl groups excluding tert-OH is 2. The number of ether oxygens (including phenoxy) is 2. The number of aromatic nitrogens is 6. The predicted molar refractivity (Wildman–Crippen MR) is 182 cm³/mol. The highest BCUT2D eigenvalue weighted by atomic mass is 32.2. The maximum Gasteiger partial charge on any atom is 0.322 e. The Morgan fingerprint density at radius 1 is 0.760 bits per heavy atom. The second-order valence-electron chi connectivity index (χ2n) is 10.2. The highest BCUT2D eigenvalue weighted by molar-refractivity contribution is 7.94. The van der Waals surface area contributed by atoms with Crippen LogP contribution in [0, 0.1) is 0 Å². The summed E-state index contributed by atoms with van der Waals surface area (Å²) >= 11 is 0.644. The highest BCUT2D eigenvalue weighted by Gasteiger charge is 2.17. The second kappa shape index (κ2) is 17.6. The van der Waals surface area contributed by atoms with Gasteiger partial charge in [0.05, 0.1) is 39.5 Å². The first-order valence-corrected chi connectivity index (χ1v) is 16.6. The summed E-state index contributed by atoms with van der Waals surface area (Å²) in [4.78, 5) is 24.9. The number of nitrogens with zero attached hydrogens (tertiary/aromatic N) is 6. The molecule has 268 valence electrons. The fraction of sp³-hybridized carbons (Fsp3) is 0.286. The van der Waals surface area contributed by atoms with E-state index in [0.29, 0.717) is 28.2 Å². The molecular weight excluding hydrogens is 701 g/mol. The molecule has 2 unspecified atom stereocenters. The van der Waals surface area contributed by atoms with E-state index in [1.165, 1.54) is 38.5 Å². The molecule has 0 aliphatic heterocycles. The van der Waals surface area contributed by atoms with E-state index in [0.717, 1.165) is 0 Å². The van der Waals surface area contributed by atoms with Crippen LogP contribution in [0.4, 0.5) is 35.2 Å². The zero-order valence-corrected chi connectivity index (χ0v) is 28.6. The Kier molecular flexibility index (Phi) is 13.4. The van der Waals surface area contributed by atoms with Crippen LogP contribution in [0.3, 0.4) is 0 Å². The van der Waals surface area contributed by atoms with Gasteiger partial charge in [-0.2, -0.15) is 38.3 Å². The molecule has 20 nitrogen and oxygen atoms in total. The Bertz CT molecular complexity index is 1910. The standard InChI is InChI=1S/C28H34N10O10S2/c1-15(13-39)29-23-33-25(37-27(35-23)45-3)31-19-9-7-17(21(11-19)49-48-47-41)5-6-18-8-10-20(12-22(18)50(42,43)44)32-26-34-24(30-16(2)14-40)36-28(38-26)46-4/h5-12,15-16,39-41H,13-14H2,1-4H3,(H,42,43,44)(H2,29,31,33,35,37)(H2,30,32,34,36,38). The smallest absolute Gasteiger partial charge is 0.322 e. The van der Waals surface area contributed by atoms with Crippen molar-refractivity contribution in [2.24, 2.45) is 0 Å². The molecule has 4 rings (SSSR count). The van der Waals surface area contributed by atoms with E-state index >= 15 is 0 Å². The van der Waals surface area contributed by atoms with Gasteiger partial charge in [0, 0.05) is 28.4 Å². The normalized spacial score (nSPS) is 12.7. The lowest BCUT2D eigenvalue weighted by molar-refractivity contribution is -0.432. The molecule has 0 bridgehead atoms. The third-order valence-corrected chi connectivity index (χ3v) is 7.88. The molecule has 0 aliphatic rings. The van der Waals surface area contributed by atoms with Gasteiger partial charge in [-0.05, 0) is 49.2 Å². The van der Waals surface area contributed by atoms with Crippen LogP contribution in [0.2, 0.25) is 0 Å². The van der Waals surface area contributed by atoms with Gasteiger partial charge in [0.25, 0.3) is 10.1 Å². The first kappa shape index (κ1) is 37.9. The summed E-state index contributed by atoms with van der Waals surface area (Å²) < 4.78 is 49.9. The van der Waals surface area contributed by atoms with Crippen molar-refractivity contribution in [3.8, 4) is 12.0 Å². The Morgan fingerprint density at radius 3 is 1.72 bits per heavy atom. The van der Waals surface area contributed by atoms with Gasteiger partial charge in [0.2, 0.25) is 23.8 Å². The summed E-state index contributed by atoms with van der Waals surface area (Å²) in [5.41, 5.74) is 1.29. The Hall–Kier alpha value is -4.94. The number of anilines is 6. The minimum Gasteiger partial charge on any atom is -0.467 e. The minimum atomic E-state index is -4.73. The number of aliphatic hydroxyl groups is 2. The highest BCUT2D eigenvalue weighted by Crippen LogP contribution is 2.31. The largest absolute Gasteiger partial charge is 0.467 e. The molecule has 2 heterocycles. The van der Waals surface area contributed by atoms with Crippen LogP contribution >= 0.6 is 12.0 Å². The van der Waals surface area contributed by atoms with E-state index < -0.39 is 15.0 Å². The first-order chi connectivity index (χ1) is 23.9. The second-order valence-corrected chi connectivity index (χ2v) is 12.3. The molecule has 0 fully saturated rings. The molecule has 50 heavy (non-hydrogen) atoms. The van der Waals surface area contributed by atoms with E-state index in [2.05, 4.69) is 60.5 Å². The molecule has 2 aromatic carbocycles. The van der Waals surface area contributed by atoms with E-state index in [-0.39, 0.29) is 72.4 Å².